The molecular weight excluding hydrogens is 226 g/mol. The summed E-state index contributed by atoms with van der Waals surface area (Å²) in [6.07, 6.45) is 3.85. The zero-order valence-corrected chi connectivity index (χ0v) is 11.9. The predicted octanol–water partition coefficient (Wildman–Crippen LogP) is 2.71. The summed E-state index contributed by atoms with van der Waals surface area (Å²) in [5.41, 5.74) is 1.03. The lowest BCUT2D eigenvalue weighted by Gasteiger charge is -2.14. The van der Waals surface area contributed by atoms with Gasteiger partial charge >= 0.3 is 0 Å². The van der Waals surface area contributed by atoms with E-state index in [1.165, 1.54) is 0 Å². The lowest BCUT2D eigenvalue weighted by Crippen LogP contribution is -2.20. The average molecular weight is 251 g/mol. The summed E-state index contributed by atoms with van der Waals surface area (Å²) < 4.78 is 5.43. The standard InChI is InChI=1S/C14H25N3O/c1-5-6-13(18-4)14-16-8-7-12(17-14)10-15-9-11(2)3/h7-8,11,13,15H,5-6,9-10H2,1-4H3. The number of rotatable bonds is 8. The SMILES string of the molecule is CCCC(OC)c1nccc(CNCC(C)C)n1. The van der Waals surface area contributed by atoms with Gasteiger partial charge in [0.2, 0.25) is 0 Å². The Hall–Kier alpha value is -1.00. The fourth-order valence-electron chi connectivity index (χ4n) is 1.77. The molecule has 0 aliphatic carbocycles. The molecule has 0 saturated heterocycles. The van der Waals surface area contributed by atoms with Crippen molar-refractivity contribution in [2.24, 2.45) is 5.92 Å². The van der Waals surface area contributed by atoms with Crippen molar-refractivity contribution in [2.75, 3.05) is 13.7 Å². The highest BCUT2D eigenvalue weighted by molar-refractivity contribution is 5.04. The van der Waals surface area contributed by atoms with Crippen LogP contribution in [0.3, 0.4) is 0 Å². The first-order valence-electron chi connectivity index (χ1n) is 6.72. The molecular formula is C14H25N3O. The average Bonchev–Trinajstić information content (AvgIpc) is 2.36. The first-order chi connectivity index (χ1) is 8.67. The van der Waals surface area contributed by atoms with Crippen LogP contribution in [0.2, 0.25) is 0 Å². The molecule has 0 aliphatic heterocycles. The van der Waals surface area contributed by atoms with Gasteiger partial charge in [-0.05, 0) is 24.9 Å². The molecule has 0 bridgehead atoms. The van der Waals surface area contributed by atoms with Gasteiger partial charge in [0.15, 0.2) is 5.82 Å². The maximum absolute atomic E-state index is 5.43. The van der Waals surface area contributed by atoms with Crippen LogP contribution in [-0.2, 0) is 11.3 Å². The van der Waals surface area contributed by atoms with Crippen LogP contribution in [-0.4, -0.2) is 23.6 Å². The van der Waals surface area contributed by atoms with Gasteiger partial charge in [-0.1, -0.05) is 27.2 Å². The summed E-state index contributed by atoms with van der Waals surface area (Å²) in [4.78, 5) is 8.87. The van der Waals surface area contributed by atoms with E-state index in [9.17, 15) is 0 Å². The Morgan fingerprint density at radius 2 is 2.17 bits per heavy atom. The molecule has 0 saturated carbocycles. The van der Waals surface area contributed by atoms with Gasteiger partial charge in [-0.3, -0.25) is 0 Å². The number of methoxy groups -OCH3 is 1. The van der Waals surface area contributed by atoms with Gasteiger partial charge in [0, 0.05) is 19.9 Å². The van der Waals surface area contributed by atoms with Crippen LogP contribution in [0.15, 0.2) is 12.3 Å². The second-order valence-electron chi connectivity index (χ2n) is 4.94. The van der Waals surface area contributed by atoms with Crippen LogP contribution in [0.25, 0.3) is 0 Å². The summed E-state index contributed by atoms with van der Waals surface area (Å²) >= 11 is 0. The summed E-state index contributed by atoms with van der Waals surface area (Å²) in [6, 6.07) is 1.95. The van der Waals surface area contributed by atoms with Crippen LogP contribution < -0.4 is 5.32 Å². The second kappa shape index (κ2) is 8.16. The van der Waals surface area contributed by atoms with Crippen molar-refractivity contribution in [1.29, 1.82) is 0 Å². The molecule has 0 aromatic carbocycles. The van der Waals surface area contributed by atoms with Crippen molar-refractivity contribution in [3.63, 3.8) is 0 Å². The van der Waals surface area contributed by atoms with Crippen molar-refractivity contribution in [3.05, 3.63) is 23.8 Å². The van der Waals surface area contributed by atoms with Gasteiger partial charge in [-0.25, -0.2) is 9.97 Å². The van der Waals surface area contributed by atoms with Crippen molar-refractivity contribution >= 4 is 0 Å². The molecule has 1 rings (SSSR count). The maximum Gasteiger partial charge on any atom is 0.157 e. The molecule has 4 nitrogen and oxygen atoms in total. The maximum atomic E-state index is 5.43. The summed E-state index contributed by atoms with van der Waals surface area (Å²) in [5, 5.41) is 3.39. The fraction of sp³-hybridized carbons (Fsp3) is 0.714. The molecule has 1 aromatic rings. The van der Waals surface area contributed by atoms with Gasteiger partial charge in [-0.15, -0.1) is 0 Å². The highest BCUT2D eigenvalue weighted by Crippen LogP contribution is 2.17. The highest BCUT2D eigenvalue weighted by atomic mass is 16.5. The van der Waals surface area contributed by atoms with E-state index < -0.39 is 0 Å². The van der Waals surface area contributed by atoms with Crippen molar-refractivity contribution < 1.29 is 4.74 Å². The van der Waals surface area contributed by atoms with Crippen LogP contribution >= 0.6 is 0 Å². The van der Waals surface area contributed by atoms with Gasteiger partial charge in [0.1, 0.15) is 6.10 Å². The van der Waals surface area contributed by atoms with Crippen LogP contribution in [0.1, 0.15) is 51.2 Å². The third-order valence-corrected chi connectivity index (χ3v) is 2.71. The third-order valence-electron chi connectivity index (χ3n) is 2.71. The van der Waals surface area contributed by atoms with Crippen molar-refractivity contribution in [1.82, 2.24) is 15.3 Å². The number of hydrogen-bond acceptors (Lipinski definition) is 4. The van der Waals surface area contributed by atoms with Crippen LogP contribution in [0.4, 0.5) is 0 Å². The zero-order valence-electron chi connectivity index (χ0n) is 11.9. The Morgan fingerprint density at radius 1 is 1.39 bits per heavy atom. The van der Waals surface area contributed by atoms with Crippen LogP contribution in [0.5, 0.6) is 0 Å². The Kier molecular flexibility index (Phi) is 6.83. The van der Waals surface area contributed by atoms with E-state index in [0.717, 1.165) is 37.4 Å². The fourth-order valence-corrected chi connectivity index (χ4v) is 1.77. The summed E-state index contributed by atoms with van der Waals surface area (Å²) in [6.45, 7) is 8.32. The van der Waals surface area contributed by atoms with E-state index in [1.807, 2.05) is 12.3 Å². The smallest absolute Gasteiger partial charge is 0.157 e. The zero-order chi connectivity index (χ0) is 13.4. The highest BCUT2D eigenvalue weighted by Gasteiger charge is 2.12. The third kappa shape index (κ3) is 5.10. The van der Waals surface area contributed by atoms with Gasteiger partial charge in [-0.2, -0.15) is 0 Å². The van der Waals surface area contributed by atoms with E-state index in [-0.39, 0.29) is 6.10 Å². The molecule has 4 heteroatoms. The Bertz CT molecular complexity index is 342. The molecule has 0 fully saturated rings. The van der Waals surface area contributed by atoms with Crippen molar-refractivity contribution in [2.45, 2.75) is 46.3 Å². The van der Waals surface area contributed by atoms with Crippen molar-refractivity contribution in [3.8, 4) is 0 Å². The Balaban J connectivity index is 2.60. The molecule has 18 heavy (non-hydrogen) atoms. The topological polar surface area (TPSA) is 47.0 Å². The van der Waals surface area contributed by atoms with Gasteiger partial charge in [0.25, 0.3) is 0 Å². The molecule has 1 aromatic heterocycles. The minimum absolute atomic E-state index is 0.0139. The molecule has 1 unspecified atom stereocenters. The number of ether oxygens (including phenoxy) is 1. The molecule has 0 spiro atoms. The molecule has 1 N–H and O–H groups in total. The summed E-state index contributed by atoms with van der Waals surface area (Å²) in [5.74, 6) is 1.45. The minimum Gasteiger partial charge on any atom is -0.373 e. The van der Waals surface area contributed by atoms with Gasteiger partial charge < -0.3 is 10.1 Å². The van der Waals surface area contributed by atoms with E-state index in [1.54, 1.807) is 7.11 Å². The van der Waals surface area contributed by atoms with Gasteiger partial charge in [0.05, 0.1) is 5.69 Å². The predicted molar refractivity (Wildman–Crippen MR) is 73.2 cm³/mol. The first kappa shape index (κ1) is 15.1. The minimum atomic E-state index is 0.0139. The van der Waals surface area contributed by atoms with E-state index in [2.05, 4.69) is 36.1 Å². The normalized spacial score (nSPS) is 12.9. The monoisotopic (exact) mass is 251 g/mol. The van der Waals surface area contributed by atoms with E-state index in [0.29, 0.717) is 5.92 Å². The molecule has 1 heterocycles. The quantitative estimate of drug-likeness (QED) is 0.771. The second-order valence-corrected chi connectivity index (χ2v) is 4.94. The molecule has 0 amide bonds. The van der Waals surface area contributed by atoms with E-state index in [4.69, 9.17) is 4.74 Å². The lowest BCUT2D eigenvalue weighted by molar-refractivity contribution is 0.0873. The molecule has 0 radical (unpaired) electrons. The lowest BCUT2D eigenvalue weighted by atomic mass is 10.2. The number of hydrogen-bond donors (Lipinski definition) is 1. The number of aromatic nitrogens is 2. The van der Waals surface area contributed by atoms with E-state index >= 15 is 0 Å². The largest absolute Gasteiger partial charge is 0.373 e. The Labute approximate surface area is 110 Å². The summed E-state index contributed by atoms with van der Waals surface area (Å²) in [7, 11) is 1.72. The number of nitrogens with one attached hydrogen (secondary N) is 1. The molecule has 0 aliphatic rings. The molecule has 1 atom stereocenters. The first-order valence-corrected chi connectivity index (χ1v) is 6.72. The molecule has 102 valence electrons. The Morgan fingerprint density at radius 3 is 2.78 bits per heavy atom. The number of nitrogens with zero attached hydrogens (tertiary/aromatic N) is 2. The van der Waals surface area contributed by atoms with Crippen LogP contribution in [0, 0.1) is 5.92 Å².